The summed E-state index contributed by atoms with van der Waals surface area (Å²) in [5.41, 5.74) is 0.524. The summed E-state index contributed by atoms with van der Waals surface area (Å²) in [7, 11) is -3.57. The lowest BCUT2D eigenvalue weighted by Gasteiger charge is -2.08. The molecule has 2 aromatic heterocycles. The second kappa shape index (κ2) is 11.4. The topological polar surface area (TPSA) is 133 Å². The van der Waals surface area contributed by atoms with E-state index in [9.17, 15) is 18.0 Å². The van der Waals surface area contributed by atoms with E-state index in [-0.39, 0.29) is 34.7 Å². The van der Waals surface area contributed by atoms with Gasteiger partial charge < -0.3 is 14.6 Å². The van der Waals surface area contributed by atoms with Gasteiger partial charge in [-0.15, -0.1) is 21.5 Å². The average Bonchev–Trinajstić information content (AvgIpc) is 3.38. The van der Waals surface area contributed by atoms with E-state index in [0.717, 1.165) is 11.8 Å². The monoisotopic (exact) mass is 509 g/mol. The fraction of sp³-hybridized carbons (Fsp3) is 0.350. The number of hydrogen-bond acceptors (Lipinski definition) is 10. The Morgan fingerprint density at radius 2 is 1.94 bits per heavy atom. The first kappa shape index (κ1) is 24.9. The van der Waals surface area contributed by atoms with Crippen LogP contribution in [-0.4, -0.2) is 52.4 Å². The Hall–Kier alpha value is -2.77. The number of hydrogen-bond donors (Lipinski definition) is 1. The molecule has 1 amide bonds. The summed E-state index contributed by atoms with van der Waals surface area (Å²) in [6.07, 6.45) is 0.0449. The van der Waals surface area contributed by atoms with Crippen LogP contribution in [0.3, 0.4) is 0 Å². The summed E-state index contributed by atoms with van der Waals surface area (Å²) < 4.78 is 31.9. The van der Waals surface area contributed by atoms with E-state index in [1.165, 1.54) is 11.3 Å². The third-order valence-corrected chi connectivity index (χ3v) is 7.69. The maximum atomic E-state index is 12.7. The molecule has 13 heteroatoms. The molecule has 0 aliphatic rings. The number of thiazole rings is 1. The van der Waals surface area contributed by atoms with Crippen LogP contribution in [0, 0.1) is 0 Å². The zero-order valence-corrected chi connectivity index (χ0v) is 20.5. The lowest BCUT2D eigenvalue weighted by Crippen LogP contribution is -2.15. The SMILES string of the molecule is CCOC(=O)Cc1csc(NC(=O)CSc2nnc(CS(=O)(=O)c3ccccc3)n2CC)n1. The van der Waals surface area contributed by atoms with E-state index >= 15 is 0 Å². The van der Waals surface area contributed by atoms with E-state index in [1.807, 2.05) is 6.92 Å². The van der Waals surface area contributed by atoms with Crippen LogP contribution in [0.4, 0.5) is 5.13 Å². The Kier molecular flexibility index (Phi) is 8.58. The van der Waals surface area contributed by atoms with Gasteiger partial charge in [-0.2, -0.15) is 0 Å². The summed E-state index contributed by atoms with van der Waals surface area (Å²) in [5.74, 6) is -0.613. The molecule has 0 radical (unpaired) electrons. The number of carbonyl (C=O) groups is 2. The quantitative estimate of drug-likeness (QED) is 0.306. The standard InChI is InChI=1S/C20H23N5O5S3/c1-3-25-16(13-33(28,29)15-8-6-5-7-9-15)23-24-20(25)32-12-17(26)22-19-21-14(11-31-19)10-18(27)30-4-2/h5-9,11H,3-4,10,12-13H2,1-2H3,(H,21,22,26). The van der Waals surface area contributed by atoms with Crippen LogP contribution in [0.1, 0.15) is 25.4 Å². The molecule has 1 N–H and O–H groups in total. The second-order valence-corrected chi connectivity index (χ2v) is 10.5. The molecule has 3 aromatic rings. The normalized spacial score (nSPS) is 11.3. The average molecular weight is 510 g/mol. The third-order valence-electron chi connectivity index (χ3n) is 4.29. The molecule has 0 saturated heterocycles. The van der Waals surface area contributed by atoms with Crippen molar-refractivity contribution in [2.45, 2.75) is 42.6 Å². The molecule has 2 heterocycles. The van der Waals surface area contributed by atoms with E-state index in [2.05, 4.69) is 20.5 Å². The number of amides is 1. The Labute approximate surface area is 199 Å². The van der Waals surface area contributed by atoms with Crippen LogP contribution >= 0.6 is 23.1 Å². The number of esters is 1. The minimum Gasteiger partial charge on any atom is -0.466 e. The smallest absolute Gasteiger partial charge is 0.311 e. The molecule has 33 heavy (non-hydrogen) atoms. The number of benzene rings is 1. The van der Waals surface area contributed by atoms with E-state index in [0.29, 0.717) is 35.0 Å². The van der Waals surface area contributed by atoms with Crippen LogP contribution in [-0.2, 0) is 42.9 Å². The number of rotatable bonds is 11. The molecule has 0 spiro atoms. The zero-order chi connectivity index (χ0) is 23.8. The highest BCUT2D eigenvalue weighted by Crippen LogP contribution is 2.22. The van der Waals surface area contributed by atoms with Gasteiger partial charge in [0, 0.05) is 11.9 Å². The predicted octanol–water partition coefficient (Wildman–Crippen LogP) is 2.56. The highest BCUT2D eigenvalue weighted by Gasteiger charge is 2.21. The number of aromatic nitrogens is 4. The maximum Gasteiger partial charge on any atom is 0.311 e. The fourth-order valence-corrected chi connectivity index (χ4v) is 5.66. The van der Waals surface area contributed by atoms with Gasteiger partial charge in [-0.1, -0.05) is 30.0 Å². The highest BCUT2D eigenvalue weighted by molar-refractivity contribution is 7.99. The predicted molar refractivity (Wildman–Crippen MR) is 125 cm³/mol. The highest BCUT2D eigenvalue weighted by atomic mass is 32.2. The summed E-state index contributed by atoms with van der Waals surface area (Å²) in [4.78, 5) is 28.3. The molecule has 1 aromatic carbocycles. The van der Waals surface area contributed by atoms with Crippen LogP contribution in [0.2, 0.25) is 0 Å². The summed E-state index contributed by atoms with van der Waals surface area (Å²) >= 11 is 2.37. The number of anilines is 1. The summed E-state index contributed by atoms with van der Waals surface area (Å²) in [6, 6.07) is 8.16. The van der Waals surface area contributed by atoms with Crippen LogP contribution in [0.5, 0.6) is 0 Å². The van der Waals surface area contributed by atoms with Crippen LogP contribution < -0.4 is 5.32 Å². The van der Waals surface area contributed by atoms with Gasteiger partial charge in [0.2, 0.25) is 5.91 Å². The van der Waals surface area contributed by atoms with E-state index in [4.69, 9.17) is 4.74 Å². The molecule has 0 bridgehead atoms. The Morgan fingerprint density at radius 3 is 2.64 bits per heavy atom. The van der Waals surface area contributed by atoms with Gasteiger partial charge in [-0.3, -0.25) is 9.59 Å². The van der Waals surface area contributed by atoms with Crippen molar-refractivity contribution in [1.29, 1.82) is 0 Å². The molecular formula is C20H23N5O5S3. The number of carbonyl (C=O) groups excluding carboxylic acids is 2. The van der Waals surface area contributed by atoms with Crippen molar-refractivity contribution in [1.82, 2.24) is 19.7 Å². The second-order valence-electron chi connectivity index (χ2n) is 6.68. The van der Waals surface area contributed by atoms with E-state index in [1.54, 1.807) is 47.2 Å². The number of nitrogens with one attached hydrogen (secondary N) is 1. The number of nitrogens with zero attached hydrogens (tertiary/aromatic N) is 4. The van der Waals surface area contributed by atoms with Crippen molar-refractivity contribution in [2.75, 3.05) is 17.7 Å². The Morgan fingerprint density at radius 1 is 1.18 bits per heavy atom. The van der Waals surface area contributed by atoms with Crippen molar-refractivity contribution in [3.63, 3.8) is 0 Å². The molecule has 0 unspecified atom stereocenters. The van der Waals surface area contributed by atoms with Crippen molar-refractivity contribution >= 4 is 49.9 Å². The molecular weight excluding hydrogens is 486 g/mol. The minimum absolute atomic E-state index is 0.0381. The largest absolute Gasteiger partial charge is 0.466 e. The van der Waals surface area contributed by atoms with Crippen molar-refractivity contribution in [3.05, 3.63) is 47.2 Å². The van der Waals surface area contributed by atoms with Gasteiger partial charge in [-0.25, -0.2) is 13.4 Å². The van der Waals surface area contributed by atoms with Gasteiger partial charge in [0.1, 0.15) is 11.6 Å². The van der Waals surface area contributed by atoms with Crippen molar-refractivity contribution in [2.24, 2.45) is 0 Å². The summed E-state index contributed by atoms with van der Waals surface area (Å²) in [6.45, 7) is 4.34. The zero-order valence-electron chi connectivity index (χ0n) is 18.1. The van der Waals surface area contributed by atoms with Gasteiger partial charge in [0.25, 0.3) is 0 Å². The third kappa shape index (κ3) is 6.85. The Balaban J connectivity index is 1.58. The first-order valence-corrected chi connectivity index (χ1v) is 13.6. The van der Waals surface area contributed by atoms with Crippen LogP contribution in [0.15, 0.2) is 45.8 Å². The minimum atomic E-state index is -3.57. The molecule has 0 saturated carbocycles. The number of thioether (sulfide) groups is 1. The maximum absolute atomic E-state index is 12.7. The number of sulfone groups is 1. The van der Waals surface area contributed by atoms with Crippen LogP contribution in [0.25, 0.3) is 0 Å². The lowest BCUT2D eigenvalue weighted by atomic mass is 10.3. The molecule has 0 fully saturated rings. The first-order chi connectivity index (χ1) is 15.8. The van der Waals surface area contributed by atoms with Crippen molar-refractivity contribution < 1.29 is 22.7 Å². The van der Waals surface area contributed by atoms with Gasteiger partial charge in [-0.05, 0) is 26.0 Å². The molecule has 0 atom stereocenters. The fourth-order valence-electron chi connectivity index (χ4n) is 2.82. The molecule has 0 aliphatic carbocycles. The Bertz CT molecular complexity index is 1210. The lowest BCUT2D eigenvalue weighted by molar-refractivity contribution is -0.142. The first-order valence-electron chi connectivity index (χ1n) is 10.0. The number of ether oxygens (including phenoxy) is 1. The van der Waals surface area contributed by atoms with Gasteiger partial charge >= 0.3 is 5.97 Å². The molecule has 10 nitrogen and oxygen atoms in total. The van der Waals surface area contributed by atoms with Crippen molar-refractivity contribution in [3.8, 4) is 0 Å². The van der Waals surface area contributed by atoms with E-state index < -0.39 is 9.84 Å². The molecule has 0 aliphatic heterocycles. The molecule has 176 valence electrons. The molecule has 3 rings (SSSR count). The van der Waals surface area contributed by atoms with Gasteiger partial charge in [0.05, 0.1) is 29.4 Å². The summed E-state index contributed by atoms with van der Waals surface area (Å²) in [5, 5.41) is 13.3. The van der Waals surface area contributed by atoms with Gasteiger partial charge in [0.15, 0.2) is 20.1 Å².